The van der Waals surface area contributed by atoms with Crippen molar-refractivity contribution in [1.29, 1.82) is 0 Å². The summed E-state index contributed by atoms with van der Waals surface area (Å²) < 4.78 is 0. The zero-order valence-corrected chi connectivity index (χ0v) is 12.8. The van der Waals surface area contributed by atoms with E-state index in [4.69, 9.17) is 5.84 Å². The summed E-state index contributed by atoms with van der Waals surface area (Å²) in [5.41, 5.74) is 4.45. The summed E-state index contributed by atoms with van der Waals surface area (Å²) in [7, 11) is 0. The van der Waals surface area contributed by atoms with Crippen molar-refractivity contribution < 1.29 is 4.79 Å². The molecule has 1 aliphatic heterocycles. The van der Waals surface area contributed by atoms with Gasteiger partial charge in [-0.15, -0.1) is 0 Å². The zero-order valence-electron chi connectivity index (χ0n) is 12.8. The molecule has 0 radical (unpaired) electrons. The van der Waals surface area contributed by atoms with Crippen molar-refractivity contribution in [2.75, 3.05) is 19.6 Å². The Morgan fingerprint density at radius 2 is 1.90 bits per heavy atom. The Bertz CT molecular complexity index is 440. The van der Waals surface area contributed by atoms with Gasteiger partial charge in [0.1, 0.15) is 0 Å². The number of benzene rings is 1. The van der Waals surface area contributed by atoms with Gasteiger partial charge < -0.3 is 5.32 Å². The fraction of sp³-hybridized carbons (Fsp3) is 0.562. The van der Waals surface area contributed by atoms with Crippen LogP contribution >= 0.6 is 0 Å². The van der Waals surface area contributed by atoms with Gasteiger partial charge in [0.2, 0.25) is 5.91 Å². The second kappa shape index (κ2) is 8.12. The first-order valence-corrected chi connectivity index (χ1v) is 7.75. The molecule has 5 heteroatoms. The van der Waals surface area contributed by atoms with Gasteiger partial charge >= 0.3 is 0 Å². The number of nitrogens with zero attached hydrogens (tertiary/aromatic N) is 1. The Kier molecular flexibility index (Phi) is 6.17. The largest absolute Gasteiger partial charge is 0.317 e. The van der Waals surface area contributed by atoms with E-state index in [2.05, 4.69) is 34.7 Å². The lowest BCUT2D eigenvalue weighted by atomic mass is 10.0. The van der Waals surface area contributed by atoms with Gasteiger partial charge in [0.25, 0.3) is 0 Å². The number of hydrogen-bond acceptors (Lipinski definition) is 4. The van der Waals surface area contributed by atoms with Crippen LogP contribution < -0.4 is 16.6 Å². The fourth-order valence-electron chi connectivity index (χ4n) is 2.90. The maximum Gasteiger partial charge on any atom is 0.238 e. The molecule has 5 nitrogen and oxygen atoms in total. The first-order valence-electron chi connectivity index (χ1n) is 7.75. The summed E-state index contributed by atoms with van der Waals surface area (Å²) >= 11 is 0. The molecular formula is C16H26N4O. The SMILES string of the molecule is CCN(Cc1ccc(CC(=O)NN)cc1)C1CCNCC1. The standard InChI is InChI=1S/C16H26N4O/c1-2-20(15-7-9-18-10-8-15)12-14-5-3-13(4-6-14)11-16(21)19-17/h3-6,15,18H,2,7-12,17H2,1H3,(H,19,21). The van der Waals surface area contributed by atoms with Gasteiger partial charge in [-0.05, 0) is 43.6 Å². The molecule has 1 saturated heterocycles. The van der Waals surface area contributed by atoms with Gasteiger partial charge in [0.05, 0.1) is 6.42 Å². The van der Waals surface area contributed by atoms with Crippen LogP contribution in [0.25, 0.3) is 0 Å². The molecule has 4 N–H and O–H groups in total. The summed E-state index contributed by atoms with van der Waals surface area (Å²) in [6, 6.07) is 8.94. The van der Waals surface area contributed by atoms with Gasteiger partial charge in [-0.25, -0.2) is 5.84 Å². The Balaban J connectivity index is 1.93. The topological polar surface area (TPSA) is 70.4 Å². The predicted molar refractivity (Wildman–Crippen MR) is 84.5 cm³/mol. The number of amides is 1. The molecule has 1 fully saturated rings. The molecule has 1 heterocycles. The highest BCUT2D eigenvalue weighted by atomic mass is 16.2. The lowest BCUT2D eigenvalue weighted by molar-refractivity contribution is -0.120. The molecule has 0 aliphatic carbocycles. The van der Waals surface area contributed by atoms with Gasteiger partial charge in [-0.1, -0.05) is 31.2 Å². The third-order valence-corrected chi connectivity index (χ3v) is 4.17. The molecule has 0 unspecified atom stereocenters. The normalized spacial score (nSPS) is 16.1. The van der Waals surface area contributed by atoms with Crippen molar-refractivity contribution in [3.63, 3.8) is 0 Å². The van der Waals surface area contributed by atoms with Crippen LogP contribution in [0.1, 0.15) is 30.9 Å². The summed E-state index contributed by atoms with van der Waals surface area (Å²) in [4.78, 5) is 13.8. The number of carbonyl (C=O) groups excluding carboxylic acids is 1. The lowest BCUT2D eigenvalue weighted by Gasteiger charge is -2.34. The molecule has 0 spiro atoms. The zero-order chi connectivity index (χ0) is 15.1. The van der Waals surface area contributed by atoms with E-state index in [1.807, 2.05) is 12.1 Å². The van der Waals surface area contributed by atoms with Gasteiger partial charge in [0.15, 0.2) is 0 Å². The minimum Gasteiger partial charge on any atom is -0.317 e. The van der Waals surface area contributed by atoms with E-state index >= 15 is 0 Å². The maximum absolute atomic E-state index is 11.2. The smallest absolute Gasteiger partial charge is 0.238 e. The molecule has 1 aliphatic rings. The maximum atomic E-state index is 11.2. The van der Waals surface area contributed by atoms with E-state index in [0.29, 0.717) is 12.5 Å². The highest BCUT2D eigenvalue weighted by Crippen LogP contribution is 2.16. The van der Waals surface area contributed by atoms with Crippen LogP contribution in [0.15, 0.2) is 24.3 Å². The number of nitrogens with one attached hydrogen (secondary N) is 2. The van der Waals surface area contributed by atoms with Crippen LogP contribution in [0, 0.1) is 0 Å². The number of nitrogens with two attached hydrogens (primary N) is 1. The van der Waals surface area contributed by atoms with E-state index in [1.54, 1.807) is 0 Å². The Labute approximate surface area is 126 Å². The molecule has 0 atom stereocenters. The van der Waals surface area contributed by atoms with Gasteiger partial charge in [-0.2, -0.15) is 0 Å². The highest BCUT2D eigenvalue weighted by Gasteiger charge is 2.19. The fourth-order valence-corrected chi connectivity index (χ4v) is 2.90. The quantitative estimate of drug-likeness (QED) is 0.412. The average Bonchev–Trinajstić information content (AvgIpc) is 2.54. The molecule has 1 amide bonds. The van der Waals surface area contributed by atoms with E-state index in [0.717, 1.165) is 31.7 Å². The van der Waals surface area contributed by atoms with Crippen molar-refractivity contribution >= 4 is 5.91 Å². The van der Waals surface area contributed by atoms with Crippen LogP contribution in [-0.4, -0.2) is 36.5 Å². The predicted octanol–water partition coefficient (Wildman–Crippen LogP) is 0.793. The van der Waals surface area contributed by atoms with E-state index in [9.17, 15) is 4.79 Å². The Morgan fingerprint density at radius 1 is 1.29 bits per heavy atom. The molecular weight excluding hydrogens is 264 g/mol. The molecule has 21 heavy (non-hydrogen) atoms. The van der Waals surface area contributed by atoms with Gasteiger partial charge in [-0.3, -0.25) is 15.1 Å². The Morgan fingerprint density at radius 3 is 2.48 bits per heavy atom. The van der Waals surface area contributed by atoms with Crippen LogP contribution in [0.5, 0.6) is 0 Å². The second-order valence-corrected chi connectivity index (χ2v) is 5.61. The number of hydrogen-bond donors (Lipinski definition) is 3. The summed E-state index contributed by atoms with van der Waals surface area (Å²) in [6.07, 6.45) is 2.79. The summed E-state index contributed by atoms with van der Waals surface area (Å²) in [6.45, 7) is 6.51. The van der Waals surface area contributed by atoms with Crippen molar-refractivity contribution in [3.05, 3.63) is 35.4 Å². The van der Waals surface area contributed by atoms with E-state index in [-0.39, 0.29) is 5.91 Å². The molecule has 0 saturated carbocycles. The van der Waals surface area contributed by atoms with Crippen molar-refractivity contribution in [3.8, 4) is 0 Å². The molecule has 2 rings (SSSR count). The molecule has 0 bridgehead atoms. The van der Waals surface area contributed by atoms with Crippen LogP contribution in [-0.2, 0) is 17.8 Å². The van der Waals surface area contributed by atoms with Crippen LogP contribution in [0.2, 0.25) is 0 Å². The van der Waals surface area contributed by atoms with Crippen LogP contribution in [0.3, 0.4) is 0 Å². The van der Waals surface area contributed by atoms with E-state index in [1.165, 1.54) is 18.4 Å². The molecule has 1 aromatic rings. The van der Waals surface area contributed by atoms with Crippen molar-refractivity contribution in [1.82, 2.24) is 15.6 Å². The first-order chi connectivity index (χ1) is 10.2. The highest BCUT2D eigenvalue weighted by molar-refractivity contribution is 5.77. The third kappa shape index (κ3) is 4.81. The van der Waals surface area contributed by atoms with Crippen LogP contribution in [0.4, 0.5) is 0 Å². The van der Waals surface area contributed by atoms with Gasteiger partial charge in [0, 0.05) is 12.6 Å². The molecule has 0 aromatic heterocycles. The van der Waals surface area contributed by atoms with Crippen molar-refractivity contribution in [2.45, 2.75) is 38.8 Å². The third-order valence-electron chi connectivity index (χ3n) is 4.17. The Hall–Kier alpha value is -1.43. The average molecular weight is 290 g/mol. The molecule has 1 aromatic carbocycles. The van der Waals surface area contributed by atoms with Crippen molar-refractivity contribution in [2.24, 2.45) is 5.84 Å². The summed E-state index contributed by atoms with van der Waals surface area (Å²) in [5.74, 6) is 4.95. The number of piperidine rings is 1. The van der Waals surface area contributed by atoms with E-state index < -0.39 is 0 Å². The summed E-state index contributed by atoms with van der Waals surface area (Å²) in [5, 5.41) is 3.41. The number of carbonyl (C=O) groups is 1. The minimum absolute atomic E-state index is 0.160. The molecule has 116 valence electrons. The first kappa shape index (κ1) is 15.9. The lowest BCUT2D eigenvalue weighted by Crippen LogP contribution is -2.42. The number of rotatable bonds is 6. The monoisotopic (exact) mass is 290 g/mol. The second-order valence-electron chi connectivity index (χ2n) is 5.61. The minimum atomic E-state index is -0.160. The number of hydrazine groups is 1.